The predicted molar refractivity (Wildman–Crippen MR) is 104 cm³/mol. The zero-order valence-corrected chi connectivity index (χ0v) is 15.0. The van der Waals surface area contributed by atoms with Crippen LogP contribution in [0.3, 0.4) is 0 Å². The quantitative estimate of drug-likeness (QED) is 0.664. The van der Waals surface area contributed by atoms with Gasteiger partial charge in [-0.15, -0.1) is 0 Å². The van der Waals surface area contributed by atoms with Crippen molar-refractivity contribution in [1.29, 1.82) is 5.26 Å². The second-order valence-corrected chi connectivity index (χ2v) is 6.41. The molecule has 1 amide bonds. The van der Waals surface area contributed by atoms with Gasteiger partial charge in [-0.05, 0) is 30.3 Å². The smallest absolute Gasteiger partial charge is 0.267 e. The first-order valence-corrected chi connectivity index (χ1v) is 8.76. The van der Waals surface area contributed by atoms with Crippen LogP contribution in [0.1, 0.15) is 0 Å². The molecule has 6 heteroatoms. The van der Waals surface area contributed by atoms with E-state index < -0.39 is 5.91 Å². The summed E-state index contributed by atoms with van der Waals surface area (Å²) in [5.74, 6) is -0.393. The van der Waals surface area contributed by atoms with E-state index >= 15 is 0 Å². The SMILES string of the molecule is N#CC(=CN1CCN(c2cccc(Cl)c2)CC1)C(=O)Nc1ccccc1. The van der Waals surface area contributed by atoms with Crippen LogP contribution in [-0.2, 0) is 4.79 Å². The van der Waals surface area contributed by atoms with Gasteiger partial charge in [0.25, 0.3) is 5.91 Å². The fourth-order valence-electron chi connectivity index (χ4n) is 2.82. The molecule has 0 spiro atoms. The Hall–Kier alpha value is -2.97. The number of hydrogen-bond donors (Lipinski definition) is 1. The molecule has 0 aliphatic carbocycles. The molecule has 26 heavy (non-hydrogen) atoms. The summed E-state index contributed by atoms with van der Waals surface area (Å²) in [6, 6.07) is 18.9. The zero-order valence-electron chi connectivity index (χ0n) is 14.2. The van der Waals surface area contributed by atoms with Gasteiger partial charge >= 0.3 is 0 Å². The molecule has 0 aromatic heterocycles. The van der Waals surface area contributed by atoms with Gasteiger partial charge in [0.1, 0.15) is 11.6 Å². The Morgan fingerprint density at radius 3 is 2.46 bits per heavy atom. The van der Waals surface area contributed by atoms with Crippen LogP contribution in [0.25, 0.3) is 0 Å². The average molecular weight is 367 g/mol. The van der Waals surface area contributed by atoms with E-state index in [-0.39, 0.29) is 5.57 Å². The molecule has 1 N–H and O–H groups in total. The molecular weight excluding hydrogens is 348 g/mol. The number of para-hydroxylation sites is 1. The summed E-state index contributed by atoms with van der Waals surface area (Å²) in [5, 5.41) is 12.8. The maximum atomic E-state index is 12.3. The highest BCUT2D eigenvalue weighted by Crippen LogP contribution is 2.21. The first-order chi connectivity index (χ1) is 12.7. The van der Waals surface area contributed by atoms with Gasteiger partial charge in [-0.3, -0.25) is 4.79 Å². The Morgan fingerprint density at radius 2 is 1.81 bits per heavy atom. The number of piperazine rings is 1. The lowest BCUT2D eigenvalue weighted by Gasteiger charge is -2.35. The third-order valence-electron chi connectivity index (χ3n) is 4.20. The van der Waals surface area contributed by atoms with E-state index in [0.717, 1.165) is 31.9 Å². The standard InChI is InChI=1S/C20H19ClN4O/c21-17-5-4-8-19(13-17)25-11-9-24(10-12-25)15-16(14-22)20(26)23-18-6-2-1-3-7-18/h1-8,13,15H,9-12H2,(H,23,26). The van der Waals surface area contributed by atoms with E-state index in [2.05, 4.69) is 10.2 Å². The molecule has 1 fully saturated rings. The largest absolute Gasteiger partial charge is 0.373 e. The number of halogens is 1. The van der Waals surface area contributed by atoms with Crippen LogP contribution >= 0.6 is 11.6 Å². The van der Waals surface area contributed by atoms with Gasteiger partial charge in [-0.1, -0.05) is 35.9 Å². The van der Waals surface area contributed by atoms with Crippen molar-refractivity contribution in [2.24, 2.45) is 0 Å². The fourth-order valence-corrected chi connectivity index (χ4v) is 3.01. The molecule has 0 unspecified atom stereocenters. The Morgan fingerprint density at radius 1 is 1.08 bits per heavy atom. The molecule has 1 saturated heterocycles. The third kappa shape index (κ3) is 4.56. The number of nitriles is 1. The van der Waals surface area contributed by atoms with E-state index in [1.807, 2.05) is 53.4 Å². The van der Waals surface area contributed by atoms with Crippen molar-refractivity contribution in [3.8, 4) is 6.07 Å². The van der Waals surface area contributed by atoms with E-state index in [1.54, 1.807) is 18.3 Å². The number of rotatable bonds is 4. The number of nitrogens with zero attached hydrogens (tertiary/aromatic N) is 3. The van der Waals surface area contributed by atoms with Gasteiger partial charge < -0.3 is 15.1 Å². The van der Waals surface area contributed by atoms with Crippen LogP contribution in [0.15, 0.2) is 66.4 Å². The summed E-state index contributed by atoms with van der Waals surface area (Å²) >= 11 is 6.05. The molecule has 2 aromatic rings. The third-order valence-corrected chi connectivity index (χ3v) is 4.43. The van der Waals surface area contributed by atoms with E-state index in [9.17, 15) is 10.1 Å². The van der Waals surface area contributed by atoms with E-state index in [1.165, 1.54) is 0 Å². The summed E-state index contributed by atoms with van der Waals surface area (Å²) in [4.78, 5) is 16.5. The summed E-state index contributed by atoms with van der Waals surface area (Å²) < 4.78 is 0. The minimum Gasteiger partial charge on any atom is -0.373 e. The number of carbonyl (C=O) groups is 1. The maximum absolute atomic E-state index is 12.3. The molecule has 5 nitrogen and oxygen atoms in total. The van der Waals surface area contributed by atoms with Crippen molar-refractivity contribution < 1.29 is 4.79 Å². The first kappa shape index (κ1) is 17.8. The molecular formula is C20H19ClN4O. The fraction of sp³-hybridized carbons (Fsp3) is 0.200. The lowest BCUT2D eigenvalue weighted by molar-refractivity contribution is -0.112. The number of amides is 1. The minimum atomic E-state index is -0.393. The van der Waals surface area contributed by atoms with Crippen molar-refractivity contribution in [2.45, 2.75) is 0 Å². The van der Waals surface area contributed by atoms with Gasteiger partial charge in [0.2, 0.25) is 0 Å². The molecule has 2 aromatic carbocycles. The second-order valence-electron chi connectivity index (χ2n) is 5.98. The molecule has 132 valence electrons. The lowest BCUT2D eigenvalue weighted by atomic mass is 10.2. The van der Waals surface area contributed by atoms with Gasteiger partial charge in [-0.2, -0.15) is 5.26 Å². The molecule has 0 atom stereocenters. The van der Waals surface area contributed by atoms with Crippen LogP contribution < -0.4 is 10.2 Å². The van der Waals surface area contributed by atoms with Crippen molar-refractivity contribution in [1.82, 2.24) is 4.90 Å². The topological polar surface area (TPSA) is 59.4 Å². The molecule has 3 rings (SSSR count). The average Bonchev–Trinajstić information content (AvgIpc) is 2.67. The molecule has 1 heterocycles. The van der Waals surface area contributed by atoms with Crippen molar-refractivity contribution >= 4 is 28.9 Å². The van der Waals surface area contributed by atoms with Gasteiger partial charge in [0.15, 0.2) is 0 Å². The monoisotopic (exact) mass is 366 g/mol. The Kier molecular flexibility index (Phi) is 5.77. The van der Waals surface area contributed by atoms with Crippen LogP contribution in [0.4, 0.5) is 11.4 Å². The van der Waals surface area contributed by atoms with Crippen molar-refractivity contribution in [3.05, 3.63) is 71.4 Å². The normalized spacial score (nSPS) is 14.7. The number of nitrogens with one attached hydrogen (secondary N) is 1. The number of carbonyl (C=O) groups excluding carboxylic acids is 1. The first-order valence-electron chi connectivity index (χ1n) is 8.38. The molecule has 1 aliphatic rings. The summed E-state index contributed by atoms with van der Waals surface area (Å²) in [6.45, 7) is 3.07. The Labute approximate surface area is 158 Å². The van der Waals surface area contributed by atoms with Crippen LogP contribution in [0.5, 0.6) is 0 Å². The lowest BCUT2D eigenvalue weighted by Crippen LogP contribution is -2.44. The van der Waals surface area contributed by atoms with Crippen LogP contribution in [0, 0.1) is 11.3 Å². The summed E-state index contributed by atoms with van der Waals surface area (Å²) in [6.07, 6.45) is 1.65. The Balaban J connectivity index is 1.61. The number of benzene rings is 2. The summed E-state index contributed by atoms with van der Waals surface area (Å²) in [7, 11) is 0. The van der Waals surface area contributed by atoms with Crippen molar-refractivity contribution in [2.75, 3.05) is 36.4 Å². The Bertz CT molecular complexity index is 836. The molecule has 0 radical (unpaired) electrons. The number of hydrogen-bond acceptors (Lipinski definition) is 4. The second kappa shape index (κ2) is 8.41. The molecule has 1 aliphatic heterocycles. The highest BCUT2D eigenvalue weighted by Gasteiger charge is 2.18. The number of anilines is 2. The summed E-state index contributed by atoms with van der Waals surface area (Å²) in [5.41, 5.74) is 1.86. The van der Waals surface area contributed by atoms with E-state index in [0.29, 0.717) is 10.7 Å². The zero-order chi connectivity index (χ0) is 18.4. The molecule has 0 bridgehead atoms. The molecule has 0 saturated carbocycles. The maximum Gasteiger partial charge on any atom is 0.267 e. The highest BCUT2D eigenvalue weighted by atomic mass is 35.5. The van der Waals surface area contributed by atoms with Crippen molar-refractivity contribution in [3.63, 3.8) is 0 Å². The highest BCUT2D eigenvalue weighted by molar-refractivity contribution is 6.30. The minimum absolute atomic E-state index is 0.102. The van der Waals surface area contributed by atoms with Gasteiger partial charge in [0, 0.05) is 48.8 Å². The van der Waals surface area contributed by atoms with Crippen LogP contribution in [-0.4, -0.2) is 37.0 Å². The van der Waals surface area contributed by atoms with Gasteiger partial charge in [0.05, 0.1) is 0 Å². The van der Waals surface area contributed by atoms with Crippen LogP contribution in [0.2, 0.25) is 5.02 Å². The predicted octanol–water partition coefficient (Wildman–Crippen LogP) is 3.51. The van der Waals surface area contributed by atoms with E-state index in [4.69, 9.17) is 11.6 Å². The van der Waals surface area contributed by atoms with Gasteiger partial charge in [-0.25, -0.2) is 0 Å².